The molecule has 2 saturated heterocycles. The van der Waals surface area contributed by atoms with E-state index in [0.717, 1.165) is 0 Å². The van der Waals surface area contributed by atoms with Crippen molar-refractivity contribution in [1.82, 2.24) is 5.32 Å². The summed E-state index contributed by atoms with van der Waals surface area (Å²) in [7, 11) is 14.7. The number of carbonyl (C=O) groups excluding carboxylic acids is 1. The van der Waals surface area contributed by atoms with Crippen LogP contribution in [0.2, 0.25) is 0 Å². The lowest BCUT2D eigenvalue weighted by atomic mass is 9.89. The molecule has 2 fully saturated rings. The molecule has 1 N–H and O–H groups in total. The van der Waals surface area contributed by atoms with Gasteiger partial charge in [-0.25, -0.2) is 0 Å². The minimum Gasteiger partial charge on any atom is -0.382 e. The highest BCUT2D eigenvalue weighted by molar-refractivity contribution is 6.11. The van der Waals surface area contributed by atoms with Gasteiger partial charge < -0.3 is 24.3 Å². The fourth-order valence-electron chi connectivity index (χ4n) is 3.10. The minimum absolute atomic E-state index is 0.0530. The molecule has 8 heteroatoms. The van der Waals surface area contributed by atoms with E-state index in [0.29, 0.717) is 32.4 Å². The first-order valence-corrected chi connectivity index (χ1v) is 7.64. The van der Waals surface area contributed by atoms with Gasteiger partial charge in [0.2, 0.25) is 5.91 Å². The van der Waals surface area contributed by atoms with Crippen LogP contribution in [0.3, 0.4) is 0 Å². The lowest BCUT2D eigenvalue weighted by molar-refractivity contribution is -0.123. The van der Waals surface area contributed by atoms with Crippen LogP contribution in [0.1, 0.15) is 19.3 Å². The maximum absolute atomic E-state index is 12.1. The number of methoxy groups -OCH3 is 2. The number of ether oxygens (including phenoxy) is 4. The Kier molecular flexibility index (Phi) is 6.74. The van der Waals surface area contributed by atoms with Gasteiger partial charge in [0.25, 0.3) is 0 Å². The van der Waals surface area contributed by atoms with Crippen molar-refractivity contribution in [3.8, 4) is 0 Å². The Morgan fingerprint density at radius 2 is 1.86 bits per heavy atom. The van der Waals surface area contributed by atoms with Crippen LogP contribution >= 0.6 is 0 Å². The van der Waals surface area contributed by atoms with E-state index in [1.807, 2.05) is 0 Å². The van der Waals surface area contributed by atoms with Crippen molar-refractivity contribution in [2.24, 2.45) is 5.92 Å². The molecule has 1 amide bonds. The zero-order valence-corrected chi connectivity index (χ0v) is 13.2. The van der Waals surface area contributed by atoms with Gasteiger partial charge in [-0.3, -0.25) is 4.79 Å². The van der Waals surface area contributed by atoms with E-state index in [4.69, 9.17) is 34.6 Å². The van der Waals surface area contributed by atoms with Gasteiger partial charge in [0.1, 0.15) is 21.8 Å². The summed E-state index contributed by atoms with van der Waals surface area (Å²) < 4.78 is 21.5. The first-order chi connectivity index (χ1) is 10.5. The number of carbonyl (C=O) groups is 1. The Morgan fingerprint density at radius 1 is 1.18 bits per heavy atom. The van der Waals surface area contributed by atoms with Crippen molar-refractivity contribution in [2.75, 3.05) is 27.4 Å². The summed E-state index contributed by atoms with van der Waals surface area (Å²) in [5, 5.41) is 2.88. The fourth-order valence-corrected chi connectivity index (χ4v) is 3.10. The average molecular weight is 307 g/mol. The molecule has 0 aliphatic carbocycles. The van der Waals surface area contributed by atoms with Crippen LogP contribution in [-0.2, 0) is 23.7 Å². The maximum Gasteiger partial charge on any atom is 0.220 e. The summed E-state index contributed by atoms with van der Waals surface area (Å²) in [6.45, 7) is 0.831. The van der Waals surface area contributed by atoms with Crippen molar-refractivity contribution in [3.05, 3.63) is 0 Å². The monoisotopic (exact) mass is 307 g/mol. The van der Waals surface area contributed by atoms with Gasteiger partial charge >= 0.3 is 0 Å². The topological polar surface area (TPSA) is 66.0 Å². The Balaban J connectivity index is 1.75. The maximum atomic E-state index is 12.1. The van der Waals surface area contributed by atoms with Crippen molar-refractivity contribution in [2.45, 2.75) is 49.6 Å². The molecular formula is C14H23B2NO5. The molecule has 0 saturated carbocycles. The van der Waals surface area contributed by atoms with E-state index in [1.165, 1.54) is 0 Å². The largest absolute Gasteiger partial charge is 0.382 e. The number of nitrogens with one attached hydrogen (secondary N) is 1. The predicted molar refractivity (Wildman–Crippen MR) is 81.9 cm³/mol. The third-order valence-corrected chi connectivity index (χ3v) is 4.22. The smallest absolute Gasteiger partial charge is 0.220 e. The molecular weight excluding hydrogens is 284 g/mol. The second-order valence-electron chi connectivity index (χ2n) is 5.90. The number of rotatable bonds is 7. The molecule has 2 heterocycles. The van der Waals surface area contributed by atoms with Crippen LogP contribution in [0.5, 0.6) is 0 Å². The molecule has 0 aromatic heterocycles. The van der Waals surface area contributed by atoms with Gasteiger partial charge in [0.05, 0.1) is 18.8 Å². The number of hydrogen-bond acceptors (Lipinski definition) is 5. The van der Waals surface area contributed by atoms with E-state index < -0.39 is 0 Å². The third kappa shape index (κ3) is 4.72. The molecule has 0 bridgehead atoms. The van der Waals surface area contributed by atoms with Gasteiger partial charge in [-0.1, -0.05) is 0 Å². The van der Waals surface area contributed by atoms with E-state index in [1.54, 1.807) is 14.2 Å². The molecule has 120 valence electrons. The van der Waals surface area contributed by atoms with Crippen molar-refractivity contribution in [3.63, 3.8) is 0 Å². The molecule has 6 nitrogen and oxygen atoms in total. The van der Waals surface area contributed by atoms with E-state index >= 15 is 0 Å². The number of amides is 1. The normalized spacial score (nSPS) is 38.3. The zero-order chi connectivity index (χ0) is 16.1. The quantitative estimate of drug-likeness (QED) is 0.633. The summed E-state index contributed by atoms with van der Waals surface area (Å²) in [4.78, 5) is 12.1. The average Bonchev–Trinajstić information content (AvgIpc) is 3.00. The van der Waals surface area contributed by atoms with Gasteiger partial charge in [0.15, 0.2) is 0 Å². The molecule has 2 aliphatic heterocycles. The van der Waals surface area contributed by atoms with Gasteiger partial charge in [-0.15, -0.1) is 0 Å². The Morgan fingerprint density at radius 3 is 2.55 bits per heavy atom. The highest BCUT2D eigenvalue weighted by Gasteiger charge is 2.35. The summed E-state index contributed by atoms with van der Waals surface area (Å²) >= 11 is 0. The van der Waals surface area contributed by atoms with E-state index in [-0.39, 0.29) is 42.1 Å². The SMILES string of the molecule is [B][C@H]1CC(CC(=O)NC[C@H]2O[C@@H]([B])CC2OC)[C@@H](COC)O1. The first kappa shape index (κ1) is 17.8. The Hall–Kier alpha value is -0.560. The van der Waals surface area contributed by atoms with E-state index in [2.05, 4.69) is 5.32 Å². The molecule has 6 atom stereocenters. The summed E-state index contributed by atoms with van der Waals surface area (Å²) in [6, 6.07) is -0.661. The predicted octanol–water partition coefficient (Wildman–Crippen LogP) is -0.663. The van der Waals surface area contributed by atoms with Crippen molar-refractivity contribution in [1.29, 1.82) is 0 Å². The number of hydrogen-bond donors (Lipinski definition) is 1. The minimum atomic E-state index is -0.334. The van der Waals surface area contributed by atoms with Crippen LogP contribution in [0, 0.1) is 5.92 Å². The molecule has 2 rings (SSSR count). The highest BCUT2D eigenvalue weighted by atomic mass is 16.6. The van der Waals surface area contributed by atoms with Crippen LogP contribution in [0.25, 0.3) is 0 Å². The molecule has 0 aromatic carbocycles. The van der Waals surface area contributed by atoms with Crippen molar-refractivity contribution >= 4 is 21.6 Å². The summed E-state index contributed by atoms with van der Waals surface area (Å²) in [5.74, 6) is 0.0163. The Labute approximate surface area is 134 Å². The molecule has 22 heavy (non-hydrogen) atoms. The first-order valence-electron chi connectivity index (χ1n) is 7.64. The fraction of sp³-hybridized carbons (Fsp3) is 0.929. The lowest BCUT2D eigenvalue weighted by Gasteiger charge is -2.20. The Bertz CT molecular complexity index is 373. The van der Waals surface area contributed by atoms with E-state index in [9.17, 15) is 4.79 Å². The standard InChI is InChI=1S/C14H23B2NO5/c1-19-7-11-8(3-12(15)22-11)4-14(18)17-6-10-9(20-2)5-13(16)21-10/h8-13H,3-7H2,1-2H3,(H,17,18)/t8?,9?,10-,11-,12-,13-/m1/s1. The second kappa shape index (κ2) is 8.34. The lowest BCUT2D eigenvalue weighted by Crippen LogP contribution is -2.39. The van der Waals surface area contributed by atoms with Gasteiger partial charge in [-0.2, -0.15) is 0 Å². The van der Waals surface area contributed by atoms with Crippen molar-refractivity contribution < 1.29 is 23.7 Å². The molecule has 4 radical (unpaired) electrons. The molecule has 2 unspecified atom stereocenters. The molecule has 2 aliphatic rings. The molecule has 0 spiro atoms. The molecule has 0 aromatic rings. The second-order valence-corrected chi connectivity index (χ2v) is 5.90. The summed E-state index contributed by atoms with van der Waals surface area (Å²) in [6.07, 6.45) is 1.23. The van der Waals surface area contributed by atoms with Crippen LogP contribution in [0.15, 0.2) is 0 Å². The zero-order valence-electron chi connectivity index (χ0n) is 13.2. The van der Waals surface area contributed by atoms with Crippen LogP contribution in [-0.4, -0.2) is 79.3 Å². The van der Waals surface area contributed by atoms with Gasteiger partial charge in [-0.05, 0) is 18.8 Å². The van der Waals surface area contributed by atoms with Crippen LogP contribution in [0.4, 0.5) is 0 Å². The summed E-state index contributed by atoms with van der Waals surface area (Å²) in [5.41, 5.74) is 0. The van der Waals surface area contributed by atoms with Gasteiger partial charge in [0, 0.05) is 39.2 Å². The highest BCUT2D eigenvalue weighted by Crippen LogP contribution is 2.28. The van der Waals surface area contributed by atoms with Crippen LogP contribution < -0.4 is 5.32 Å². The third-order valence-electron chi connectivity index (χ3n) is 4.22.